The predicted octanol–water partition coefficient (Wildman–Crippen LogP) is 4.43. The van der Waals surface area contributed by atoms with Crippen LogP contribution in [0.1, 0.15) is 27.3 Å². The van der Waals surface area contributed by atoms with Crippen LogP contribution < -0.4 is 5.32 Å². The smallest absolute Gasteiger partial charge is 0.289 e. The maximum absolute atomic E-state index is 12.9. The van der Waals surface area contributed by atoms with Gasteiger partial charge in [0.25, 0.3) is 11.8 Å². The van der Waals surface area contributed by atoms with E-state index in [1.807, 2.05) is 82.6 Å². The molecule has 6 rings (SSSR count). The number of amides is 2. The molecule has 0 bridgehead atoms. The van der Waals surface area contributed by atoms with E-state index in [0.717, 1.165) is 28.5 Å². The Hall–Kier alpha value is -3.90. The third-order valence-corrected chi connectivity index (χ3v) is 6.99. The third kappa shape index (κ3) is 4.33. The van der Waals surface area contributed by atoms with Gasteiger partial charge in [-0.05, 0) is 41.8 Å². The number of hydrogen-bond acceptors (Lipinski definition) is 4. The topological polar surface area (TPSA) is 65.8 Å². The SMILES string of the molecule is O=C(c1ccc(-c2ccccc2)cc1)N1CC(NC2CCN(C(=O)c3cc4ccccc4o3)C2)C1. The second kappa shape index (κ2) is 9.04. The van der Waals surface area contributed by atoms with Crippen molar-refractivity contribution >= 4 is 22.8 Å². The molecule has 0 aliphatic carbocycles. The number of rotatable bonds is 5. The molecule has 2 saturated heterocycles. The van der Waals surface area contributed by atoms with E-state index in [1.165, 1.54) is 0 Å². The first kappa shape index (κ1) is 21.6. The largest absolute Gasteiger partial charge is 0.451 e. The van der Waals surface area contributed by atoms with Crippen molar-refractivity contribution in [1.29, 1.82) is 0 Å². The molecular formula is C29H27N3O3. The van der Waals surface area contributed by atoms with Crippen LogP contribution in [0.2, 0.25) is 0 Å². The summed E-state index contributed by atoms with van der Waals surface area (Å²) in [7, 11) is 0. The molecule has 1 unspecified atom stereocenters. The molecule has 1 N–H and O–H groups in total. The van der Waals surface area contributed by atoms with Crippen LogP contribution in [0.5, 0.6) is 0 Å². The molecule has 6 heteroatoms. The molecule has 1 atom stereocenters. The molecule has 3 heterocycles. The average molecular weight is 466 g/mol. The van der Waals surface area contributed by atoms with Crippen molar-refractivity contribution in [3.8, 4) is 11.1 Å². The number of carbonyl (C=O) groups excluding carboxylic acids is 2. The van der Waals surface area contributed by atoms with Gasteiger partial charge >= 0.3 is 0 Å². The van der Waals surface area contributed by atoms with Gasteiger partial charge in [0.15, 0.2) is 5.76 Å². The fraction of sp³-hybridized carbons (Fsp3) is 0.241. The highest BCUT2D eigenvalue weighted by Gasteiger charge is 2.35. The molecule has 6 nitrogen and oxygen atoms in total. The van der Waals surface area contributed by atoms with Gasteiger partial charge in [0, 0.05) is 49.2 Å². The molecule has 2 fully saturated rings. The summed E-state index contributed by atoms with van der Waals surface area (Å²) in [5.41, 5.74) is 3.70. The van der Waals surface area contributed by atoms with Gasteiger partial charge in [-0.1, -0.05) is 60.7 Å². The Bertz CT molecular complexity index is 1320. The number of para-hydroxylation sites is 1. The summed E-state index contributed by atoms with van der Waals surface area (Å²) < 4.78 is 5.75. The molecule has 0 spiro atoms. The van der Waals surface area contributed by atoms with Crippen molar-refractivity contribution < 1.29 is 14.0 Å². The highest BCUT2D eigenvalue weighted by Crippen LogP contribution is 2.24. The highest BCUT2D eigenvalue weighted by molar-refractivity contribution is 5.96. The van der Waals surface area contributed by atoms with E-state index in [0.29, 0.717) is 37.5 Å². The maximum Gasteiger partial charge on any atom is 0.289 e. The van der Waals surface area contributed by atoms with Crippen LogP contribution in [0.4, 0.5) is 0 Å². The number of nitrogens with zero attached hydrogens (tertiary/aromatic N) is 2. The van der Waals surface area contributed by atoms with Crippen LogP contribution >= 0.6 is 0 Å². The molecule has 0 saturated carbocycles. The molecule has 0 radical (unpaired) electrons. The summed E-state index contributed by atoms with van der Waals surface area (Å²) in [6, 6.07) is 28.0. The summed E-state index contributed by atoms with van der Waals surface area (Å²) in [5.74, 6) is 0.399. The van der Waals surface area contributed by atoms with Gasteiger partial charge in [-0.2, -0.15) is 0 Å². The zero-order chi connectivity index (χ0) is 23.8. The quantitative estimate of drug-likeness (QED) is 0.474. The van der Waals surface area contributed by atoms with Crippen molar-refractivity contribution in [1.82, 2.24) is 15.1 Å². The van der Waals surface area contributed by atoms with Gasteiger partial charge in [0.05, 0.1) is 0 Å². The summed E-state index contributed by atoms with van der Waals surface area (Å²) >= 11 is 0. The summed E-state index contributed by atoms with van der Waals surface area (Å²) in [6.45, 7) is 2.73. The average Bonchev–Trinajstić information content (AvgIpc) is 3.53. The lowest BCUT2D eigenvalue weighted by Gasteiger charge is -2.41. The molecule has 35 heavy (non-hydrogen) atoms. The van der Waals surface area contributed by atoms with Crippen molar-refractivity contribution in [3.05, 3.63) is 96.3 Å². The second-order valence-electron chi connectivity index (χ2n) is 9.40. The highest BCUT2D eigenvalue weighted by atomic mass is 16.3. The van der Waals surface area contributed by atoms with Gasteiger partial charge in [-0.3, -0.25) is 9.59 Å². The Balaban J connectivity index is 0.997. The first-order valence-corrected chi connectivity index (χ1v) is 12.1. The Labute approximate surface area is 204 Å². The number of benzene rings is 3. The lowest BCUT2D eigenvalue weighted by atomic mass is 10.0. The van der Waals surface area contributed by atoms with Gasteiger partial charge in [0.2, 0.25) is 0 Å². The van der Waals surface area contributed by atoms with Crippen molar-refractivity contribution in [2.45, 2.75) is 18.5 Å². The normalized spacial score (nSPS) is 18.1. The number of likely N-dealkylation sites (tertiary alicyclic amines) is 2. The number of carbonyl (C=O) groups is 2. The summed E-state index contributed by atoms with van der Waals surface area (Å²) in [4.78, 5) is 29.5. The van der Waals surface area contributed by atoms with Crippen molar-refractivity contribution in [3.63, 3.8) is 0 Å². The predicted molar refractivity (Wildman–Crippen MR) is 135 cm³/mol. The maximum atomic E-state index is 12.9. The lowest BCUT2D eigenvalue weighted by molar-refractivity contribution is 0.0552. The van der Waals surface area contributed by atoms with E-state index in [9.17, 15) is 9.59 Å². The van der Waals surface area contributed by atoms with Crippen LogP contribution in [0.3, 0.4) is 0 Å². The Morgan fingerprint density at radius 2 is 1.43 bits per heavy atom. The van der Waals surface area contributed by atoms with Crippen LogP contribution in [0.15, 0.2) is 89.3 Å². The fourth-order valence-electron chi connectivity index (χ4n) is 5.03. The number of nitrogens with one attached hydrogen (secondary N) is 1. The van der Waals surface area contributed by atoms with Crippen molar-refractivity contribution in [2.24, 2.45) is 0 Å². The standard InChI is InChI=1S/C29H27N3O3/c33-28(22-12-10-21(11-13-22)20-6-2-1-3-7-20)32-18-25(19-32)30-24-14-15-31(17-24)29(34)27-16-23-8-4-5-9-26(23)35-27/h1-13,16,24-25,30H,14-15,17-19H2. The molecule has 2 aliphatic heterocycles. The van der Waals surface area contributed by atoms with Crippen LogP contribution in [-0.2, 0) is 0 Å². The van der Waals surface area contributed by atoms with Crippen molar-refractivity contribution in [2.75, 3.05) is 26.2 Å². The van der Waals surface area contributed by atoms with E-state index >= 15 is 0 Å². The lowest BCUT2D eigenvalue weighted by Crippen LogP contribution is -2.62. The second-order valence-corrected chi connectivity index (χ2v) is 9.40. The minimum absolute atomic E-state index is 0.0603. The molecular weight excluding hydrogens is 438 g/mol. The van der Waals surface area contributed by atoms with E-state index in [1.54, 1.807) is 0 Å². The minimum Gasteiger partial charge on any atom is -0.451 e. The van der Waals surface area contributed by atoms with Gasteiger partial charge in [0.1, 0.15) is 5.58 Å². The van der Waals surface area contributed by atoms with E-state index in [4.69, 9.17) is 4.42 Å². The van der Waals surface area contributed by atoms with Crippen LogP contribution in [0.25, 0.3) is 22.1 Å². The van der Waals surface area contributed by atoms with Crippen LogP contribution in [0, 0.1) is 0 Å². The van der Waals surface area contributed by atoms with Gasteiger partial charge in [-0.15, -0.1) is 0 Å². The van der Waals surface area contributed by atoms with E-state index in [2.05, 4.69) is 17.4 Å². The first-order valence-electron chi connectivity index (χ1n) is 12.1. The Kier molecular flexibility index (Phi) is 5.58. The number of fused-ring (bicyclic) bond motifs is 1. The monoisotopic (exact) mass is 465 g/mol. The number of hydrogen-bond donors (Lipinski definition) is 1. The summed E-state index contributed by atoms with van der Waals surface area (Å²) in [5, 5.41) is 4.57. The molecule has 4 aromatic rings. The van der Waals surface area contributed by atoms with E-state index in [-0.39, 0.29) is 23.9 Å². The van der Waals surface area contributed by atoms with Gasteiger partial charge < -0.3 is 19.5 Å². The number of furan rings is 1. The zero-order valence-electron chi connectivity index (χ0n) is 19.4. The van der Waals surface area contributed by atoms with Gasteiger partial charge in [-0.25, -0.2) is 0 Å². The molecule has 2 amide bonds. The molecule has 176 valence electrons. The molecule has 1 aromatic heterocycles. The first-order chi connectivity index (χ1) is 17.1. The third-order valence-electron chi connectivity index (χ3n) is 6.99. The molecule has 2 aliphatic rings. The summed E-state index contributed by atoms with van der Waals surface area (Å²) in [6.07, 6.45) is 0.900. The zero-order valence-corrected chi connectivity index (χ0v) is 19.4. The minimum atomic E-state index is -0.0603. The van der Waals surface area contributed by atoms with Crippen LogP contribution in [-0.4, -0.2) is 59.9 Å². The Morgan fingerprint density at radius 3 is 2.20 bits per heavy atom. The Morgan fingerprint density at radius 1 is 0.743 bits per heavy atom. The van der Waals surface area contributed by atoms with E-state index < -0.39 is 0 Å². The fourth-order valence-corrected chi connectivity index (χ4v) is 5.03. The molecule has 3 aromatic carbocycles.